The van der Waals surface area contributed by atoms with E-state index in [1.54, 1.807) is 12.1 Å². The maximum absolute atomic E-state index is 12.7. The standard InChI is InChI=1S/C22H23F3N6O/c23-22(24,25)13-26-19-29-20(27-17-7-5-14(6-8-17)9-10-32)31-21(30-19)28-18-11-15-3-1-2-4-16(15)12-18/h1-8,18,32H,9-13H2,(H3,26,27,28,29,30,31). The molecule has 0 atom stereocenters. The van der Waals surface area contributed by atoms with E-state index in [1.807, 2.05) is 24.3 Å². The molecule has 1 aliphatic rings. The van der Waals surface area contributed by atoms with E-state index in [1.165, 1.54) is 11.1 Å². The van der Waals surface area contributed by atoms with Gasteiger partial charge in [-0.05, 0) is 48.1 Å². The fourth-order valence-corrected chi connectivity index (χ4v) is 3.61. The number of fused-ring (bicyclic) bond motifs is 1. The molecule has 3 aromatic rings. The summed E-state index contributed by atoms with van der Waals surface area (Å²) in [5.74, 6) is 0.147. The maximum Gasteiger partial charge on any atom is 0.405 e. The van der Waals surface area contributed by atoms with Crippen LogP contribution in [0.2, 0.25) is 0 Å². The van der Waals surface area contributed by atoms with Gasteiger partial charge >= 0.3 is 6.18 Å². The number of hydrogen-bond acceptors (Lipinski definition) is 7. The Balaban J connectivity index is 1.52. The predicted octanol–water partition coefficient (Wildman–Crippen LogP) is 3.70. The molecule has 168 valence electrons. The fourth-order valence-electron chi connectivity index (χ4n) is 3.61. The Labute approximate surface area is 183 Å². The minimum Gasteiger partial charge on any atom is -0.396 e. The van der Waals surface area contributed by atoms with E-state index in [2.05, 4.69) is 43.0 Å². The van der Waals surface area contributed by atoms with Crippen molar-refractivity contribution in [1.82, 2.24) is 15.0 Å². The summed E-state index contributed by atoms with van der Waals surface area (Å²) in [4.78, 5) is 12.6. The van der Waals surface area contributed by atoms with Gasteiger partial charge in [0.25, 0.3) is 0 Å². The third kappa shape index (κ3) is 5.85. The number of nitrogens with zero attached hydrogens (tertiary/aromatic N) is 3. The number of anilines is 4. The lowest BCUT2D eigenvalue weighted by Crippen LogP contribution is -2.25. The average molecular weight is 444 g/mol. The van der Waals surface area contributed by atoms with Gasteiger partial charge in [0.1, 0.15) is 6.54 Å². The van der Waals surface area contributed by atoms with E-state index in [0.717, 1.165) is 18.4 Å². The summed E-state index contributed by atoms with van der Waals surface area (Å²) in [7, 11) is 0. The highest BCUT2D eigenvalue weighted by Gasteiger charge is 2.27. The van der Waals surface area contributed by atoms with Crippen molar-refractivity contribution in [3.8, 4) is 0 Å². The van der Waals surface area contributed by atoms with Crippen LogP contribution in [0, 0.1) is 0 Å². The Morgan fingerprint density at radius 2 is 1.50 bits per heavy atom. The molecule has 1 aromatic heterocycles. The van der Waals surface area contributed by atoms with Gasteiger partial charge in [-0.3, -0.25) is 0 Å². The second-order valence-corrected chi connectivity index (χ2v) is 7.59. The van der Waals surface area contributed by atoms with Crippen molar-refractivity contribution in [1.29, 1.82) is 0 Å². The van der Waals surface area contributed by atoms with E-state index < -0.39 is 12.7 Å². The highest BCUT2D eigenvalue weighted by atomic mass is 19.4. The van der Waals surface area contributed by atoms with Gasteiger partial charge in [0.05, 0.1) is 0 Å². The van der Waals surface area contributed by atoms with Crippen LogP contribution >= 0.6 is 0 Å². The molecule has 1 heterocycles. The summed E-state index contributed by atoms with van der Waals surface area (Å²) in [5.41, 5.74) is 4.09. The van der Waals surface area contributed by atoms with E-state index in [9.17, 15) is 13.2 Å². The molecule has 0 fully saturated rings. The minimum atomic E-state index is -4.40. The monoisotopic (exact) mass is 444 g/mol. The number of aliphatic hydroxyl groups excluding tert-OH is 1. The molecule has 0 amide bonds. The van der Waals surface area contributed by atoms with Gasteiger partial charge in [-0.2, -0.15) is 28.1 Å². The second-order valence-electron chi connectivity index (χ2n) is 7.59. The summed E-state index contributed by atoms with van der Waals surface area (Å²) >= 11 is 0. The molecule has 4 rings (SSSR count). The number of nitrogens with one attached hydrogen (secondary N) is 3. The van der Waals surface area contributed by atoms with Crippen LogP contribution in [0.4, 0.5) is 36.7 Å². The molecule has 0 saturated carbocycles. The quantitative estimate of drug-likeness (QED) is 0.421. The molecule has 0 saturated heterocycles. The summed E-state index contributed by atoms with van der Waals surface area (Å²) in [6.45, 7) is -1.20. The topological polar surface area (TPSA) is 95.0 Å². The normalized spacial score (nSPS) is 13.6. The smallest absolute Gasteiger partial charge is 0.396 e. The molecule has 4 N–H and O–H groups in total. The molecule has 2 aromatic carbocycles. The fraction of sp³-hybridized carbons (Fsp3) is 0.318. The number of aromatic nitrogens is 3. The Kier molecular flexibility index (Phi) is 6.40. The number of hydrogen-bond donors (Lipinski definition) is 4. The second kappa shape index (κ2) is 9.39. The van der Waals surface area contributed by atoms with Crippen LogP contribution in [0.3, 0.4) is 0 Å². The molecular weight excluding hydrogens is 421 g/mol. The zero-order chi connectivity index (χ0) is 22.6. The van der Waals surface area contributed by atoms with Crippen molar-refractivity contribution in [3.63, 3.8) is 0 Å². The molecule has 0 radical (unpaired) electrons. The molecule has 1 aliphatic carbocycles. The van der Waals surface area contributed by atoms with E-state index >= 15 is 0 Å². The molecule has 32 heavy (non-hydrogen) atoms. The predicted molar refractivity (Wildman–Crippen MR) is 116 cm³/mol. The maximum atomic E-state index is 12.7. The molecule has 7 nitrogen and oxygen atoms in total. The van der Waals surface area contributed by atoms with E-state index in [4.69, 9.17) is 5.11 Å². The molecule has 0 aliphatic heterocycles. The number of alkyl halides is 3. The highest BCUT2D eigenvalue weighted by molar-refractivity contribution is 5.56. The van der Waals surface area contributed by atoms with E-state index in [-0.39, 0.29) is 30.5 Å². The number of benzene rings is 2. The van der Waals surface area contributed by atoms with Crippen LogP contribution < -0.4 is 16.0 Å². The van der Waals surface area contributed by atoms with E-state index in [0.29, 0.717) is 12.1 Å². The summed E-state index contributed by atoms with van der Waals surface area (Å²) in [6.07, 6.45) is -2.30. The Morgan fingerprint density at radius 1 is 0.875 bits per heavy atom. The van der Waals surface area contributed by atoms with Crippen LogP contribution in [-0.4, -0.2) is 45.4 Å². The van der Waals surface area contributed by atoms with Crippen molar-refractivity contribution in [2.45, 2.75) is 31.5 Å². The molecule has 0 spiro atoms. The number of aliphatic hydroxyl groups is 1. The molecule has 0 unspecified atom stereocenters. The van der Waals surface area contributed by atoms with Crippen LogP contribution in [0.25, 0.3) is 0 Å². The zero-order valence-electron chi connectivity index (χ0n) is 17.2. The molecule has 10 heteroatoms. The molecular formula is C22H23F3N6O. The van der Waals surface area contributed by atoms with Gasteiger partial charge in [-0.25, -0.2) is 0 Å². The van der Waals surface area contributed by atoms with Crippen LogP contribution in [0.1, 0.15) is 16.7 Å². The van der Waals surface area contributed by atoms with Crippen LogP contribution in [0.5, 0.6) is 0 Å². The average Bonchev–Trinajstić information content (AvgIpc) is 3.15. The van der Waals surface area contributed by atoms with Crippen molar-refractivity contribution in [3.05, 3.63) is 65.2 Å². The first kappa shape index (κ1) is 21.8. The third-order valence-electron chi connectivity index (χ3n) is 5.08. The first-order valence-corrected chi connectivity index (χ1v) is 10.2. The summed E-state index contributed by atoms with van der Waals surface area (Å²) in [5, 5.41) is 17.5. The largest absolute Gasteiger partial charge is 0.405 e. The SMILES string of the molecule is OCCc1ccc(Nc2nc(NCC(F)(F)F)nc(NC3Cc4ccccc4C3)n2)cc1. The Hall–Kier alpha value is -3.40. The highest BCUT2D eigenvalue weighted by Crippen LogP contribution is 2.25. The lowest BCUT2D eigenvalue weighted by atomic mass is 10.1. The van der Waals surface area contributed by atoms with Crippen molar-refractivity contribution in [2.24, 2.45) is 0 Å². The Morgan fingerprint density at radius 3 is 2.12 bits per heavy atom. The lowest BCUT2D eigenvalue weighted by molar-refractivity contribution is -0.115. The van der Waals surface area contributed by atoms with Gasteiger partial charge in [0.15, 0.2) is 0 Å². The third-order valence-corrected chi connectivity index (χ3v) is 5.08. The zero-order valence-corrected chi connectivity index (χ0v) is 17.2. The Bertz CT molecular complexity index is 1030. The van der Waals surface area contributed by atoms with Crippen LogP contribution in [-0.2, 0) is 19.3 Å². The molecule has 0 bridgehead atoms. The number of halogens is 3. The lowest BCUT2D eigenvalue weighted by Gasteiger charge is -2.15. The van der Waals surface area contributed by atoms with Gasteiger partial charge in [0.2, 0.25) is 17.8 Å². The first-order valence-electron chi connectivity index (χ1n) is 10.2. The van der Waals surface area contributed by atoms with Gasteiger partial charge in [-0.15, -0.1) is 0 Å². The summed E-state index contributed by atoms with van der Waals surface area (Å²) in [6, 6.07) is 15.4. The van der Waals surface area contributed by atoms with Gasteiger partial charge in [0, 0.05) is 18.3 Å². The van der Waals surface area contributed by atoms with Crippen LogP contribution in [0.15, 0.2) is 48.5 Å². The van der Waals surface area contributed by atoms with Crippen molar-refractivity contribution < 1.29 is 18.3 Å². The van der Waals surface area contributed by atoms with Crippen molar-refractivity contribution >= 4 is 23.5 Å². The summed E-state index contributed by atoms with van der Waals surface area (Å²) < 4.78 is 38.1. The van der Waals surface area contributed by atoms with Crippen molar-refractivity contribution in [2.75, 3.05) is 29.1 Å². The first-order chi connectivity index (χ1) is 15.4. The van der Waals surface area contributed by atoms with Gasteiger partial charge in [-0.1, -0.05) is 36.4 Å². The number of rotatable bonds is 8. The minimum absolute atomic E-state index is 0.0379. The van der Waals surface area contributed by atoms with Gasteiger partial charge < -0.3 is 21.1 Å².